The molecule has 5 nitrogen and oxygen atoms in total. The van der Waals surface area contributed by atoms with Crippen molar-refractivity contribution in [2.75, 3.05) is 26.2 Å². The average Bonchev–Trinajstić information content (AvgIpc) is 3.28. The van der Waals surface area contributed by atoms with E-state index in [1.165, 1.54) is 23.3 Å². The molecule has 0 radical (unpaired) electrons. The second kappa shape index (κ2) is 12.3. The van der Waals surface area contributed by atoms with Gasteiger partial charge in [-0.25, -0.2) is 4.39 Å². The first-order valence-electron chi connectivity index (χ1n) is 14.9. The molecule has 2 aromatic rings. The zero-order valence-electron chi connectivity index (χ0n) is 25.1. The maximum atomic E-state index is 13.9. The van der Waals surface area contributed by atoms with Crippen molar-refractivity contribution in [2.45, 2.75) is 96.2 Å². The standard InChI is InChI=1S/C34H48FNO4/c1-33(2,3)25-12-15-27(28(18-25)34(4,5)6)30(21-37)40-29-16-11-23(31(29)22-9-13-26(35)14-10-22)19-36-17-7-8-24(20-36)32(38)39/h9-10,12-15,18,23-24,29-31,37H,7-8,11,16-17,19-21H2,1-6H3,(H,38,39). The maximum absolute atomic E-state index is 13.9. The summed E-state index contributed by atoms with van der Waals surface area (Å²) < 4.78 is 20.7. The second-order valence-electron chi connectivity index (χ2n) is 14.0. The van der Waals surface area contributed by atoms with Crippen molar-refractivity contribution in [1.29, 1.82) is 0 Å². The Morgan fingerprint density at radius 3 is 2.33 bits per heavy atom. The highest BCUT2D eigenvalue weighted by Gasteiger charge is 2.41. The van der Waals surface area contributed by atoms with Crippen LogP contribution in [-0.2, 0) is 20.4 Å². The van der Waals surface area contributed by atoms with Gasteiger partial charge in [-0.05, 0) is 83.4 Å². The van der Waals surface area contributed by atoms with Crippen LogP contribution in [0.1, 0.15) is 102 Å². The smallest absolute Gasteiger partial charge is 0.307 e. The van der Waals surface area contributed by atoms with Gasteiger partial charge in [-0.15, -0.1) is 0 Å². The molecule has 2 aliphatic rings. The number of aliphatic hydroxyl groups excluding tert-OH is 1. The Morgan fingerprint density at radius 2 is 1.73 bits per heavy atom. The fourth-order valence-corrected chi connectivity index (χ4v) is 6.70. The Morgan fingerprint density at radius 1 is 1.02 bits per heavy atom. The minimum absolute atomic E-state index is 0.00848. The lowest BCUT2D eigenvalue weighted by Crippen LogP contribution is -2.42. The lowest BCUT2D eigenvalue weighted by atomic mass is 9.77. The van der Waals surface area contributed by atoms with E-state index in [4.69, 9.17) is 4.74 Å². The van der Waals surface area contributed by atoms with Crippen LogP contribution in [0, 0.1) is 17.7 Å². The molecule has 220 valence electrons. The van der Waals surface area contributed by atoms with Crippen LogP contribution in [-0.4, -0.2) is 53.4 Å². The van der Waals surface area contributed by atoms with Crippen molar-refractivity contribution >= 4 is 5.97 Å². The van der Waals surface area contributed by atoms with Gasteiger partial charge in [0.1, 0.15) is 11.9 Å². The molecule has 6 heteroatoms. The molecule has 0 bridgehead atoms. The number of carboxylic acids is 1. The first-order valence-corrected chi connectivity index (χ1v) is 14.9. The van der Waals surface area contributed by atoms with Crippen LogP contribution in [0.5, 0.6) is 0 Å². The van der Waals surface area contributed by atoms with Gasteiger partial charge in [-0.2, -0.15) is 0 Å². The van der Waals surface area contributed by atoms with E-state index in [2.05, 4.69) is 64.6 Å². The van der Waals surface area contributed by atoms with Crippen LogP contribution in [0.2, 0.25) is 0 Å². The number of aliphatic hydroxyl groups is 1. The van der Waals surface area contributed by atoms with Crippen molar-refractivity contribution in [3.05, 3.63) is 70.5 Å². The van der Waals surface area contributed by atoms with E-state index in [-0.39, 0.29) is 47.1 Å². The summed E-state index contributed by atoms with van der Waals surface area (Å²) in [7, 11) is 0. The maximum Gasteiger partial charge on any atom is 0.307 e. The van der Waals surface area contributed by atoms with E-state index in [0.29, 0.717) is 6.54 Å². The zero-order chi connectivity index (χ0) is 29.2. The lowest BCUT2D eigenvalue weighted by molar-refractivity contribution is -0.143. The van der Waals surface area contributed by atoms with Crippen LogP contribution < -0.4 is 0 Å². The van der Waals surface area contributed by atoms with Gasteiger partial charge in [-0.1, -0.05) is 71.9 Å². The Hall–Kier alpha value is -2.28. The number of carbonyl (C=O) groups is 1. The van der Waals surface area contributed by atoms with Crippen molar-refractivity contribution < 1.29 is 24.1 Å². The monoisotopic (exact) mass is 553 g/mol. The fraction of sp³-hybridized carbons (Fsp3) is 0.618. The van der Waals surface area contributed by atoms with Gasteiger partial charge >= 0.3 is 5.97 Å². The van der Waals surface area contributed by atoms with Crippen molar-refractivity contribution in [3.63, 3.8) is 0 Å². The quantitative estimate of drug-likeness (QED) is 0.375. The lowest BCUT2D eigenvalue weighted by Gasteiger charge is -2.36. The number of halogens is 1. The van der Waals surface area contributed by atoms with E-state index in [9.17, 15) is 19.4 Å². The van der Waals surface area contributed by atoms with Gasteiger partial charge in [0, 0.05) is 19.0 Å². The highest BCUT2D eigenvalue weighted by molar-refractivity contribution is 5.70. The minimum atomic E-state index is -0.717. The van der Waals surface area contributed by atoms with Gasteiger partial charge in [0.15, 0.2) is 0 Å². The number of ether oxygens (including phenoxy) is 1. The van der Waals surface area contributed by atoms with Crippen LogP contribution in [0.15, 0.2) is 42.5 Å². The van der Waals surface area contributed by atoms with E-state index in [1.807, 2.05) is 12.1 Å². The zero-order valence-corrected chi connectivity index (χ0v) is 25.1. The predicted octanol–water partition coefficient (Wildman–Crippen LogP) is 6.83. The van der Waals surface area contributed by atoms with Crippen molar-refractivity contribution in [1.82, 2.24) is 4.90 Å². The normalized spacial score (nSPS) is 25.2. The van der Waals surface area contributed by atoms with Gasteiger partial charge in [0.25, 0.3) is 0 Å². The summed E-state index contributed by atoms with van der Waals surface area (Å²) in [5, 5.41) is 20.2. The topological polar surface area (TPSA) is 70.0 Å². The summed E-state index contributed by atoms with van der Waals surface area (Å²) >= 11 is 0. The molecule has 40 heavy (non-hydrogen) atoms. The van der Waals surface area contributed by atoms with E-state index in [0.717, 1.165) is 49.9 Å². The average molecular weight is 554 g/mol. The highest BCUT2D eigenvalue weighted by atomic mass is 19.1. The first kappa shape index (κ1) is 30.7. The summed E-state index contributed by atoms with van der Waals surface area (Å²) in [4.78, 5) is 14.0. The molecule has 2 N–H and O–H groups in total. The Labute approximate surface area is 239 Å². The third-order valence-electron chi connectivity index (χ3n) is 8.91. The second-order valence-corrected chi connectivity index (χ2v) is 14.0. The van der Waals surface area contributed by atoms with Gasteiger partial charge in [-0.3, -0.25) is 4.79 Å². The molecule has 0 amide bonds. The number of benzene rings is 2. The third kappa shape index (κ3) is 7.13. The molecule has 1 saturated carbocycles. The van der Waals surface area contributed by atoms with Crippen molar-refractivity contribution in [2.24, 2.45) is 11.8 Å². The summed E-state index contributed by atoms with van der Waals surface area (Å²) in [5.41, 5.74) is 4.37. The summed E-state index contributed by atoms with van der Waals surface area (Å²) in [6, 6.07) is 13.3. The third-order valence-corrected chi connectivity index (χ3v) is 8.91. The van der Waals surface area contributed by atoms with Crippen LogP contribution >= 0.6 is 0 Å². The molecule has 1 heterocycles. The largest absolute Gasteiger partial charge is 0.481 e. The fourth-order valence-electron chi connectivity index (χ4n) is 6.70. The van der Waals surface area contributed by atoms with Crippen LogP contribution in [0.25, 0.3) is 0 Å². The number of piperidine rings is 1. The Bertz CT molecular complexity index is 1150. The molecule has 2 aromatic carbocycles. The molecule has 1 aliphatic heterocycles. The Balaban J connectivity index is 1.62. The van der Waals surface area contributed by atoms with Gasteiger partial charge in [0.2, 0.25) is 0 Å². The number of hydrogen-bond donors (Lipinski definition) is 2. The number of aliphatic carboxylic acids is 1. The molecular weight excluding hydrogens is 505 g/mol. The van der Waals surface area contributed by atoms with Gasteiger partial charge in [0.05, 0.1) is 18.6 Å². The number of likely N-dealkylation sites (tertiary alicyclic amines) is 1. The highest BCUT2D eigenvalue weighted by Crippen LogP contribution is 2.45. The summed E-state index contributed by atoms with van der Waals surface area (Å²) in [6.07, 6.45) is 2.78. The molecule has 5 unspecified atom stereocenters. The first-order chi connectivity index (χ1) is 18.8. The molecule has 0 aromatic heterocycles. The van der Waals surface area contributed by atoms with E-state index >= 15 is 0 Å². The van der Waals surface area contributed by atoms with Crippen LogP contribution in [0.3, 0.4) is 0 Å². The van der Waals surface area contributed by atoms with Gasteiger partial charge < -0.3 is 19.8 Å². The van der Waals surface area contributed by atoms with Crippen LogP contribution in [0.4, 0.5) is 4.39 Å². The van der Waals surface area contributed by atoms with E-state index in [1.54, 1.807) is 0 Å². The molecule has 5 atom stereocenters. The molecule has 1 saturated heterocycles. The number of rotatable bonds is 8. The summed E-state index contributed by atoms with van der Waals surface area (Å²) in [5.74, 6) is -1.01. The molecular formula is C34H48FNO4. The number of hydrogen-bond acceptors (Lipinski definition) is 4. The molecule has 4 rings (SSSR count). The van der Waals surface area contributed by atoms with Crippen molar-refractivity contribution in [3.8, 4) is 0 Å². The summed E-state index contributed by atoms with van der Waals surface area (Å²) in [6.45, 7) is 15.4. The van der Waals surface area contributed by atoms with E-state index < -0.39 is 12.1 Å². The number of carboxylic acid groups (broad SMARTS) is 1. The molecule has 1 aliphatic carbocycles. The molecule has 0 spiro atoms. The minimum Gasteiger partial charge on any atom is -0.481 e. The number of nitrogens with zero attached hydrogens (tertiary/aromatic N) is 1. The predicted molar refractivity (Wildman–Crippen MR) is 157 cm³/mol. The Kier molecular flexibility index (Phi) is 9.43. The SMILES string of the molecule is CC(C)(C)c1ccc(C(CO)OC2CCC(CN3CCCC(C(=O)O)C3)C2c2ccc(F)cc2)c(C(C)(C)C)c1. The molecule has 2 fully saturated rings.